The van der Waals surface area contributed by atoms with Crippen LogP contribution in [0.2, 0.25) is 5.02 Å². The molecule has 0 radical (unpaired) electrons. The van der Waals surface area contributed by atoms with Gasteiger partial charge >= 0.3 is 5.97 Å². The Labute approximate surface area is 143 Å². The van der Waals surface area contributed by atoms with Gasteiger partial charge in [-0.25, -0.2) is 9.48 Å². The molecule has 1 N–H and O–H groups in total. The zero-order chi connectivity index (χ0) is 17.3. The number of rotatable bonds is 3. The zero-order valence-corrected chi connectivity index (χ0v) is 13.7. The molecule has 1 unspecified atom stereocenters. The lowest BCUT2D eigenvalue weighted by atomic mass is 10.2. The molecular weight excluding hydrogens is 334 g/mol. The van der Waals surface area contributed by atoms with Crippen molar-refractivity contribution < 1.29 is 19.4 Å². The van der Waals surface area contributed by atoms with Crippen LogP contribution in [0.25, 0.3) is 5.69 Å². The second kappa shape index (κ2) is 6.62. The van der Waals surface area contributed by atoms with Crippen molar-refractivity contribution in [2.75, 3.05) is 19.7 Å². The summed E-state index contributed by atoms with van der Waals surface area (Å²) in [7, 11) is 0. The average Bonchev–Trinajstić information content (AvgIpc) is 2.96. The molecule has 0 saturated carbocycles. The van der Waals surface area contributed by atoms with Crippen LogP contribution in [-0.4, -0.2) is 57.5 Å². The minimum Gasteiger partial charge on any atom is -0.479 e. The van der Waals surface area contributed by atoms with Crippen molar-refractivity contribution in [2.45, 2.75) is 13.0 Å². The second-order valence-electron chi connectivity index (χ2n) is 5.51. The number of ether oxygens (including phenoxy) is 1. The van der Waals surface area contributed by atoms with Gasteiger partial charge in [0.25, 0.3) is 5.91 Å². The number of aromatic nitrogens is 2. The lowest BCUT2D eigenvalue weighted by molar-refractivity contribution is -0.154. The maximum atomic E-state index is 12.6. The minimum absolute atomic E-state index is 0.0112. The third-order valence-corrected chi connectivity index (χ3v) is 4.02. The Morgan fingerprint density at radius 3 is 2.88 bits per heavy atom. The molecule has 0 aliphatic carbocycles. The van der Waals surface area contributed by atoms with E-state index in [9.17, 15) is 9.59 Å². The molecule has 24 heavy (non-hydrogen) atoms. The molecule has 1 atom stereocenters. The van der Waals surface area contributed by atoms with E-state index in [1.807, 2.05) is 13.0 Å². The highest BCUT2D eigenvalue weighted by Crippen LogP contribution is 2.18. The molecule has 3 rings (SSSR count). The molecule has 2 heterocycles. The SMILES string of the molecule is Cc1cc(C(=O)N2CCOC(C(=O)O)C2)nn1-c1cccc(Cl)c1. The second-order valence-corrected chi connectivity index (χ2v) is 5.95. The Balaban J connectivity index is 1.84. The summed E-state index contributed by atoms with van der Waals surface area (Å²) in [5, 5.41) is 14.0. The number of halogens is 1. The molecule has 0 spiro atoms. The van der Waals surface area contributed by atoms with E-state index in [0.717, 1.165) is 11.4 Å². The van der Waals surface area contributed by atoms with Gasteiger partial charge in [-0.15, -0.1) is 0 Å². The number of carboxylic acid groups (broad SMARTS) is 1. The van der Waals surface area contributed by atoms with Crippen LogP contribution >= 0.6 is 11.6 Å². The third kappa shape index (κ3) is 3.27. The van der Waals surface area contributed by atoms with E-state index < -0.39 is 12.1 Å². The van der Waals surface area contributed by atoms with Crippen molar-refractivity contribution in [3.8, 4) is 5.69 Å². The van der Waals surface area contributed by atoms with Gasteiger partial charge in [0, 0.05) is 17.3 Å². The van der Waals surface area contributed by atoms with E-state index >= 15 is 0 Å². The molecule has 1 amide bonds. The molecule has 8 heteroatoms. The van der Waals surface area contributed by atoms with Gasteiger partial charge in [0.05, 0.1) is 18.8 Å². The topological polar surface area (TPSA) is 84.7 Å². The molecule has 126 valence electrons. The number of hydrogen-bond acceptors (Lipinski definition) is 4. The number of nitrogens with zero attached hydrogens (tertiary/aromatic N) is 3. The average molecular weight is 350 g/mol. The Hall–Kier alpha value is -2.38. The minimum atomic E-state index is -1.08. The Bertz CT molecular complexity index is 789. The van der Waals surface area contributed by atoms with Gasteiger partial charge in [-0.1, -0.05) is 17.7 Å². The van der Waals surface area contributed by atoms with Crippen LogP contribution in [-0.2, 0) is 9.53 Å². The van der Waals surface area contributed by atoms with Crippen LogP contribution in [0.3, 0.4) is 0 Å². The van der Waals surface area contributed by atoms with E-state index in [2.05, 4.69) is 5.10 Å². The van der Waals surface area contributed by atoms with Gasteiger partial charge in [0.15, 0.2) is 11.8 Å². The van der Waals surface area contributed by atoms with E-state index in [1.165, 1.54) is 4.90 Å². The van der Waals surface area contributed by atoms with Crippen LogP contribution in [0.4, 0.5) is 0 Å². The first-order valence-electron chi connectivity index (χ1n) is 7.42. The Morgan fingerprint density at radius 2 is 2.17 bits per heavy atom. The first-order valence-corrected chi connectivity index (χ1v) is 7.80. The summed E-state index contributed by atoms with van der Waals surface area (Å²) in [6.45, 7) is 2.38. The normalized spacial score (nSPS) is 17.8. The number of aliphatic carboxylic acids is 1. The number of aryl methyl sites for hydroxylation is 1. The number of amides is 1. The number of carbonyl (C=O) groups excluding carboxylic acids is 1. The standard InChI is InChI=1S/C16H16ClN3O4/c1-10-7-13(18-20(10)12-4-2-3-11(17)8-12)15(21)19-5-6-24-14(9-19)16(22)23/h2-4,7-8,14H,5-6,9H2,1H3,(H,22,23). The van der Waals surface area contributed by atoms with Crippen molar-refractivity contribution in [3.63, 3.8) is 0 Å². The molecule has 1 aromatic heterocycles. The fourth-order valence-corrected chi connectivity index (χ4v) is 2.78. The lowest BCUT2D eigenvalue weighted by Crippen LogP contribution is -2.48. The number of carboxylic acids is 1. The summed E-state index contributed by atoms with van der Waals surface area (Å²) in [5.41, 5.74) is 1.80. The van der Waals surface area contributed by atoms with E-state index in [-0.39, 0.29) is 24.8 Å². The first-order chi connectivity index (χ1) is 11.5. The number of morpholine rings is 1. The number of hydrogen-bond donors (Lipinski definition) is 1. The molecular formula is C16H16ClN3O4. The van der Waals surface area contributed by atoms with Crippen molar-refractivity contribution in [2.24, 2.45) is 0 Å². The molecule has 1 aliphatic rings. The molecule has 1 aromatic carbocycles. The molecule has 2 aromatic rings. The third-order valence-electron chi connectivity index (χ3n) is 3.79. The van der Waals surface area contributed by atoms with Crippen LogP contribution in [0, 0.1) is 6.92 Å². The molecule has 7 nitrogen and oxygen atoms in total. The summed E-state index contributed by atoms with van der Waals surface area (Å²) in [4.78, 5) is 25.1. The van der Waals surface area contributed by atoms with Crippen molar-refractivity contribution >= 4 is 23.5 Å². The monoisotopic (exact) mass is 349 g/mol. The zero-order valence-electron chi connectivity index (χ0n) is 13.0. The van der Waals surface area contributed by atoms with Crippen LogP contribution in [0.5, 0.6) is 0 Å². The van der Waals surface area contributed by atoms with Crippen molar-refractivity contribution in [3.05, 3.63) is 46.7 Å². The van der Waals surface area contributed by atoms with Gasteiger partial charge in [0.1, 0.15) is 0 Å². The first kappa shape index (κ1) is 16.5. The summed E-state index contributed by atoms with van der Waals surface area (Å²) in [6.07, 6.45) is -1.00. The van der Waals surface area contributed by atoms with Gasteiger partial charge in [-0.3, -0.25) is 4.79 Å². The quantitative estimate of drug-likeness (QED) is 0.912. The van der Waals surface area contributed by atoms with E-state index in [0.29, 0.717) is 11.6 Å². The Kier molecular flexibility index (Phi) is 4.55. The molecule has 1 fully saturated rings. The summed E-state index contributed by atoms with van der Waals surface area (Å²) in [5.74, 6) is -1.39. The molecule has 0 bridgehead atoms. The maximum Gasteiger partial charge on any atom is 0.334 e. The highest BCUT2D eigenvalue weighted by molar-refractivity contribution is 6.30. The van der Waals surface area contributed by atoms with Gasteiger partial charge < -0.3 is 14.7 Å². The number of benzene rings is 1. The van der Waals surface area contributed by atoms with Gasteiger partial charge in [-0.2, -0.15) is 5.10 Å². The Morgan fingerprint density at radius 1 is 1.38 bits per heavy atom. The van der Waals surface area contributed by atoms with E-state index in [1.54, 1.807) is 28.9 Å². The molecule has 1 aliphatic heterocycles. The van der Waals surface area contributed by atoms with Crippen LogP contribution in [0.1, 0.15) is 16.2 Å². The highest BCUT2D eigenvalue weighted by Gasteiger charge is 2.30. The van der Waals surface area contributed by atoms with Crippen LogP contribution < -0.4 is 0 Å². The van der Waals surface area contributed by atoms with Crippen molar-refractivity contribution in [1.29, 1.82) is 0 Å². The summed E-state index contributed by atoms with van der Waals surface area (Å²) < 4.78 is 6.77. The largest absolute Gasteiger partial charge is 0.479 e. The predicted octanol–water partition coefficient (Wildman–Crippen LogP) is 1.76. The smallest absolute Gasteiger partial charge is 0.334 e. The van der Waals surface area contributed by atoms with E-state index in [4.69, 9.17) is 21.4 Å². The number of carbonyl (C=O) groups is 2. The lowest BCUT2D eigenvalue weighted by Gasteiger charge is -2.30. The summed E-state index contributed by atoms with van der Waals surface area (Å²) in [6, 6.07) is 8.84. The summed E-state index contributed by atoms with van der Waals surface area (Å²) >= 11 is 6.00. The van der Waals surface area contributed by atoms with Gasteiger partial charge in [0.2, 0.25) is 0 Å². The van der Waals surface area contributed by atoms with Gasteiger partial charge in [-0.05, 0) is 31.2 Å². The highest BCUT2D eigenvalue weighted by atomic mass is 35.5. The predicted molar refractivity (Wildman–Crippen MR) is 86.6 cm³/mol. The maximum absolute atomic E-state index is 12.6. The van der Waals surface area contributed by atoms with Crippen LogP contribution in [0.15, 0.2) is 30.3 Å². The fourth-order valence-electron chi connectivity index (χ4n) is 2.59. The molecule has 1 saturated heterocycles. The fraction of sp³-hybridized carbons (Fsp3) is 0.312. The van der Waals surface area contributed by atoms with Crippen molar-refractivity contribution in [1.82, 2.24) is 14.7 Å².